The summed E-state index contributed by atoms with van der Waals surface area (Å²) >= 11 is 0. The highest BCUT2D eigenvalue weighted by Crippen LogP contribution is 2.57. The first-order chi connectivity index (χ1) is 11.4. The third-order valence-corrected chi connectivity index (χ3v) is 8.64. The van der Waals surface area contributed by atoms with Crippen LogP contribution in [0.3, 0.4) is 0 Å². The Labute approximate surface area is 143 Å². The Bertz CT molecular complexity index is 356. The number of hydrogen-bond acceptors (Lipinski definition) is 9. The van der Waals surface area contributed by atoms with Crippen LogP contribution in [0, 0.1) is 5.92 Å². The molecular weight excluding hydrogens is 362 g/mol. The quantitative estimate of drug-likeness (QED) is 0.341. The van der Waals surface area contributed by atoms with Crippen molar-refractivity contribution in [2.45, 2.75) is 42.7 Å². The molecule has 2 heterocycles. The molecular formula is C13H26O9P2. The second-order valence-corrected chi connectivity index (χ2v) is 10.4. The van der Waals surface area contributed by atoms with Gasteiger partial charge in [-0.25, -0.2) is 0 Å². The fourth-order valence-electron chi connectivity index (χ4n) is 2.81. The summed E-state index contributed by atoms with van der Waals surface area (Å²) < 4.78 is 20.5. The summed E-state index contributed by atoms with van der Waals surface area (Å²) in [5, 5.41) is 40.0. The fourth-order valence-corrected chi connectivity index (χ4v) is 7.43. The van der Waals surface area contributed by atoms with Gasteiger partial charge in [0.2, 0.25) is 0 Å². The van der Waals surface area contributed by atoms with Crippen molar-refractivity contribution in [1.29, 1.82) is 0 Å². The summed E-state index contributed by atoms with van der Waals surface area (Å²) in [4.78, 5) is 10.3. The summed E-state index contributed by atoms with van der Waals surface area (Å²) in [5.41, 5.74) is -0.402. The maximum absolute atomic E-state index is 10.3. The van der Waals surface area contributed by atoms with Gasteiger partial charge >= 0.3 is 0 Å². The highest BCUT2D eigenvalue weighted by Gasteiger charge is 2.42. The van der Waals surface area contributed by atoms with Crippen LogP contribution in [-0.2, 0) is 18.9 Å². The van der Waals surface area contributed by atoms with E-state index in [1.807, 2.05) is 0 Å². The molecule has 0 aromatic heterocycles. The van der Waals surface area contributed by atoms with E-state index in [1.165, 1.54) is 14.2 Å². The van der Waals surface area contributed by atoms with Crippen LogP contribution < -0.4 is 0 Å². The van der Waals surface area contributed by atoms with E-state index in [-0.39, 0.29) is 27.6 Å². The van der Waals surface area contributed by atoms with Gasteiger partial charge in [0.15, 0.2) is 12.6 Å². The van der Waals surface area contributed by atoms with Gasteiger partial charge in [-0.15, -0.1) is 0 Å². The van der Waals surface area contributed by atoms with Crippen molar-refractivity contribution in [3.05, 3.63) is 0 Å². The van der Waals surface area contributed by atoms with Gasteiger partial charge in [-0.1, -0.05) is 8.27 Å². The highest BCUT2D eigenvalue weighted by atomic mass is 32.1. The first-order valence-corrected chi connectivity index (χ1v) is 11.0. The summed E-state index contributed by atoms with van der Waals surface area (Å²) in [7, 11) is 1.21. The highest BCUT2D eigenvalue weighted by molar-refractivity contribution is 8.18. The molecule has 9 nitrogen and oxygen atoms in total. The van der Waals surface area contributed by atoms with Crippen molar-refractivity contribution in [3.63, 3.8) is 0 Å². The first-order valence-electron chi connectivity index (χ1n) is 7.62. The van der Waals surface area contributed by atoms with Gasteiger partial charge in [-0.2, -0.15) is 0 Å². The SMILES string of the molecule is CO[C@@H]1OC[C@@H](CP(O)P[C@@H]2CO[C@@H](OC)C(O)C2O)C(O)C1O. The zero-order chi connectivity index (χ0) is 17.9. The molecule has 5 N–H and O–H groups in total. The van der Waals surface area contributed by atoms with E-state index in [0.29, 0.717) is 0 Å². The zero-order valence-electron chi connectivity index (χ0n) is 13.6. The molecule has 0 radical (unpaired) electrons. The van der Waals surface area contributed by atoms with Gasteiger partial charge in [-0.05, 0) is 0 Å². The summed E-state index contributed by atoms with van der Waals surface area (Å²) in [5.74, 6) is -0.423. The Morgan fingerprint density at radius 3 is 2.04 bits per heavy atom. The summed E-state index contributed by atoms with van der Waals surface area (Å²) in [6, 6.07) is 0. The fraction of sp³-hybridized carbons (Fsp3) is 1.00. The molecule has 0 amide bonds. The van der Waals surface area contributed by atoms with Crippen molar-refractivity contribution in [2.75, 3.05) is 33.6 Å². The molecule has 2 aliphatic heterocycles. The second kappa shape index (κ2) is 9.44. The number of methoxy groups -OCH3 is 2. The first kappa shape index (κ1) is 20.8. The van der Waals surface area contributed by atoms with E-state index in [1.54, 1.807) is 0 Å². The Balaban J connectivity index is 1.84. The molecule has 10 atom stereocenters. The molecule has 2 fully saturated rings. The molecule has 0 aromatic carbocycles. The van der Waals surface area contributed by atoms with Gasteiger partial charge in [0.25, 0.3) is 0 Å². The third kappa shape index (κ3) is 4.81. The van der Waals surface area contributed by atoms with Gasteiger partial charge in [0, 0.05) is 39.8 Å². The van der Waals surface area contributed by atoms with Crippen LogP contribution in [0.15, 0.2) is 0 Å². The van der Waals surface area contributed by atoms with Crippen LogP contribution in [0.4, 0.5) is 0 Å². The minimum atomic E-state index is -1.51. The Kier molecular flexibility index (Phi) is 8.18. The minimum absolute atomic E-state index is 0.0368. The molecule has 0 saturated carbocycles. The van der Waals surface area contributed by atoms with Crippen molar-refractivity contribution in [3.8, 4) is 0 Å². The van der Waals surface area contributed by atoms with Crippen molar-refractivity contribution in [1.82, 2.24) is 0 Å². The molecule has 2 rings (SSSR count). The standard InChI is InChI=1S/C13H26O9P2/c1-19-12-10(16)8(14)6(3-21-12)5-24(18)23-7-4-22-13(20-2)11(17)9(7)15/h6-18,23H,3-5H2,1-2H3/t6-,7+,8?,9?,10?,11?,12+,13+,24?/m0/s1. The molecule has 2 aliphatic rings. The molecule has 2 saturated heterocycles. The van der Waals surface area contributed by atoms with Gasteiger partial charge in [0.1, 0.15) is 12.2 Å². The molecule has 0 spiro atoms. The predicted octanol–water partition coefficient (Wildman–Crippen LogP) is -1.60. The van der Waals surface area contributed by atoms with Crippen molar-refractivity contribution in [2.24, 2.45) is 5.92 Å². The number of rotatable bonds is 6. The molecule has 11 heteroatoms. The molecule has 0 aliphatic carbocycles. The van der Waals surface area contributed by atoms with E-state index < -0.39 is 56.4 Å². The van der Waals surface area contributed by atoms with Gasteiger partial charge in [0.05, 0.1) is 25.4 Å². The van der Waals surface area contributed by atoms with Crippen LogP contribution in [0.1, 0.15) is 0 Å². The minimum Gasteiger partial charge on any atom is -0.390 e. The monoisotopic (exact) mass is 388 g/mol. The number of hydrogen-bond donors (Lipinski definition) is 5. The molecule has 24 heavy (non-hydrogen) atoms. The van der Waals surface area contributed by atoms with E-state index >= 15 is 0 Å². The second-order valence-electron chi connectivity index (χ2n) is 5.92. The van der Waals surface area contributed by atoms with Crippen LogP contribution >= 0.6 is 16.1 Å². The Hall–Kier alpha value is 0.500. The third-order valence-electron chi connectivity index (χ3n) is 4.25. The maximum Gasteiger partial charge on any atom is 0.185 e. The van der Waals surface area contributed by atoms with Crippen LogP contribution in [0.25, 0.3) is 0 Å². The molecule has 0 bridgehead atoms. The average molecular weight is 388 g/mol. The lowest BCUT2D eigenvalue weighted by atomic mass is 9.97. The lowest BCUT2D eigenvalue weighted by Crippen LogP contribution is -2.52. The number of aliphatic hydroxyl groups excluding tert-OH is 4. The van der Waals surface area contributed by atoms with E-state index in [0.717, 1.165) is 0 Å². The lowest BCUT2D eigenvalue weighted by molar-refractivity contribution is -0.247. The van der Waals surface area contributed by atoms with Crippen LogP contribution in [0.5, 0.6) is 0 Å². The van der Waals surface area contributed by atoms with Crippen LogP contribution in [-0.4, -0.2) is 102 Å². The maximum atomic E-state index is 10.3. The average Bonchev–Trinajstić information content (AvgIpc) is 2.56. The number of ether oxygens (including phenoxy) is 4. The van der Waals surface area contributed by atoms with Crippen molar-refractivity contribution >= 4 is 16.1 Å². The largest absolute Gasteiger partial charge is 0.390 e. The smallest absolute Gasteiger partial charge is 0.185 e. The zero-order valence-corrected chi connectivity index (χ0v) is 15.5. The number of aliphatic hydroxyl groups is 4. The van der Waals surface area contributed by atoms with Gasteiger partial charge in [-0.3, -0.25) is 0 Å². The van der Waals surface area contributed by atoms with E-state index in [9.17, 15) is 25.3 Å². The Morgan fingerprint density at radius 2 is 1.46 bits per heavy atom. The van der Waals surface area contributed by atoms with Gasteiger partial charge < -0.3 is 44.3 Å². The predicted molar refractivity (Wildman–Crippen MR) is 87.1 cm³/mol. The van der Waals surface area contributed by atoms with Crippen LogP contribution in [0.2, 0.25) is 0 Å². The molecule has 0 aromatic rings. The normalized spacial score (nSPS) is 45.6. The summed E-state index contributed by atoms with van der Waals surface area (Å²) in [6.07, 6.45) is -5.93. The lowest BCUT2D eigenvalue weighted by Gasteiger charge is -2.39. The van der Waals surface area contributed by atoms with E-state index in [2.05, 4.69) is 0 Å². The van der Waals surface area contributed by atoms with E-state index in [4.69, 9.17) is 18.9 Å². The topological polar surface area (TPSA) is 138 Å². The summed E-state index contributed by atoms with van der Waals surface area (Å²) in [6.45, 7) is 0.339. The Morgan fingerprint density at radius 1 is 0.917 bits per heavy atom. The van der Waals surface area contributed by atoms with Crippen molar-refractivity contribution < 1.29 is 44.3 Å². The molecule has 142 valence electrons. The molecule has 6 unspecified atom stereocenters.